The maximum Gasteiger partial charge on any atom is 0.240 e. The molecule has 1 aliphatic heterocycles. The van der Waals surface area contributed by atoms with E-state index in [4.69, 9.17) is 15.2 Å². The number of hydrogen-bond acceptors (Lipinski definition) is 5. The van der Waals surface area contributed by atoms with Gasteiger partial charge < -0.3 is 15.2 Å². The molecular weight excluding hydrogens is 280 g/mol. The van der Waals surface area contributed by atoms with Crippen LogP contribution in [0, 0.1) is 0 Å². The van der Waals surface area contributed by atoms with E-state index in [9.17, 15) is 8.42 Å². The summed E-state index contributed by atoms with van der Waals surface area (Å²) >= 11 is 0. The van der Waals surface area contributed by atoms with E-state index in [0.717, 1.165) is 12.0 Å². The molecule has 0 spiro atoms. The Morgan fingerprint density at radius 1 is 1.40 bits per heavy atom. The highest BCUT2D eigenvalue weighted by atomic mass is 32.2. The predicted octanol–water partition coefficient (Wildman–Crippen LogP) is 0.525. The molecule has 1 aromatic rings. The summed E-state index contributed by atoms with van der Waals surface area (Å²) < 4.78 is 37.5. The van der Waals surface area contributed by atoms with Crippen molar-refractivity contribution in [3.05, 3.63) is 23.8 Å². The van der Waals surface area contributed by atoms with Gasteiger partial charge in [0.15, 0.2) is 0 Å². The highest BCUT2D eigenvalue weighted by Crippen LogP contribution is 2.18. The molecule has 1 aliphatic rings. The van der Waals surface area contributed by atoms with Crippen molar-refractivity contribution in [3.8, 4) is 0 Å². The Hall–Kier alpha value is -1.15. The second-order valence-corrected chi connectivity index (χ2v) is 6.40. The van der Waals surface area contributed by atoms with Crippen molar-refractivity contribution in [2.24, 2.45) is 0 Å². The number of sulfonamides is 1. The van der Waals surface area contributed by atoms with E-state index in [1.54, 1.807) is 12.1 Å². The molecule has 2 rings (SSSR count). The average molecular weight is 300 g/mol. The van der Waals surface area contributed by atoms with Gasteiger partial charge in [-0.05, 0) is 24.1 Å². The molecule has 112 valence electrons. The average Bonchev–Trinajstić information content (AvgIpc) is 2.46. The number of ether oxygens (including phenoxy) is 2. The lowest BCUT2D eigenvalue weighted by Gasteiger charge is -2.23. The number of nitrogen functional groups attached to an aromatic ring is 1. The molecule has 0 radical (unpaired) electrons. The smallest absolute Gasteiger partial charge is 0.240 e. The van der Waals surface area contributed by atoms with E-state index in [1.165, 1.54) is 6.07 Å². The van der Waals surface area contributed by atoms with Crippen LogP contribution >= 0.6 is 0 Å². The molecule has 0 aromatic heterocycles. The Balaban J connectivity index is 2.04. The Morgan fingerprint density at radius 3 is 2.80 bits per heavy atom. The number of rotatable bonds is 5. The second-order valence-electron chi connectivity index (χ2n) is 4.63. The minimum atomic E-state index is -3.57. The Morgan fingerprint density at radius 2 is 2.20 bits per heavy atom. The minimum Gasteiger partial charge on any atom is -0.398 e. The lowest BCUT2D eigenvalue weighted by Crippen LogP contribution is -2.39. The van der Waals surface area contributed by atoms with Gasteiger partial charge >= 0.3 is 0 Å². The van der Waals surface area contributed by atoms with Crippen LogP contribution in [0.3, 0.4) is 0 Å². The zero-order valence-electron chi connectivity index (χ0n) is 11.5. The minimum absolute atomic E-state index is 0.170. The van der Waals surface area contributed by atoms with Gasteiger partial charge in [-0.2, -0.15) is 0 Å². The zero-order valence-corrected chi connectivity index (χ0v) is 12.3. The summed E-state index contributed by atoms with van der Waals surface area (Å²) in [6.45, 7) is 3.61. The fourth-order valence-electron chi connectivity index (χ4n) is 2.00. The summed E-state index contributed by atoms with van der Waals surface area (Å²) in [5.41, 5.74) is 7.26. The topological polar surface area (TPSA) is 90.7 Å². The molecule has 3 N–H and O–H groups in total. The van der Waals surface area contributed by atoms with Crippen molar-refractivity contribution in [1.82, 2.24) is 4.72 Å². The molecule has 1 unspecified atom stereocenters. The van der Waals surface area contributed by atoms with Gasteiger partial charge in [-0.25, -0.2) is 13.1 Å². The first-order valence-corrected chi connectivity index (χ1v) is 8.08. The van der Waals surface area contributed by atoms with Gasteiger partial charge in [-0.3, -0.25) is 0 Å². The van der Waals surface area contributed by atoms with Crippen molar-refractivity contribution in [2.75, 3.05) is 32.1 Å². The fourth-order valence-corrected chi connectivity index (χ4v) is 3.10. The number of aryl methyl sites for hydroxylation is 1. The van der Waals surface area contributed by atoms with Gasteiger partial charge in [0.25, 0.3) is 0 Å². The van der Waals surface area contributed by atoms with Crippen molar-refractivity contribution in [1.29, 1.82) is 0 Å². The summed E-state index contributed by atoms with van der Waals surface area (Å²) in [5.74, 6) is 0. The lowest BCUT2D eigenvalue weighted by atomic mass is 10.1. The van der Waals surface area contributed by atoms with Crippen molar-refractivity contribution in [3.63, 3.8) is 0 Å². The Labute approximate surface area is 119 Å². The largest absolute Gasteiger partial charge is 0.398 e. The van der Waals surface area contributed by atoms with Crippen LogP contribution in [0.4, 0.5) is 5.69 Å². The SMILES string of the molecule is CCc1ccc(S(=O)(=O)NCC2COCCO2)cc1N. The van der Waals surface area contributed by atoms with Crippen LogP contribution in [0.25, 0.3) is 0 Å². The molecule has 0 aliphatic carbocycles. The summed E-state index contributed by atoms with van der Waals surface area (Å²) in [6.07, 6.45) is 0.526. The number of nitrogens with one attached hydrogen (secondary N) is 1. The Kier molecular flexibility index (Phi) is 4.98. The second kappa shape index (κ2) is 6.53. The third kappa shape index (κ3) is 3.69. The molecule has 1 aromatic carbocycles. The first-order chi connectivity index (χ1) is 9.53. The fraction of sp³-hybridized carbons (Fsp3) is 0.538. The predicted molar refractivity (Wildman–Crippen MR) is 76.0 cm³/mol. The number of hydrogen-bond donors (Lipinski definition) is 2. The van der Waals surface area contributed by atoms with E-state index in [2.05, 4.69) is 4.72 Å². The highest BCUT2D eigenvalue weighted by molar-refractivity contribution is 7.89. The molecule has 1 fully saturated rings. The molecule has 7 heteroatoms. The van der Waals surface area contributed by atoms with Crippen LogP contribution in [0.15, 0.2) is 23.1 Å². The van der Waals surface area contributed by atoms with Crippen LogP contribution in [-0.4, -0.2) is 40.9 Å². The maximum atomic E-state index is 12.2. The van der Waals surface area contributed by atoms with Gasteiger partial charge in [0.1, 0.15) is 0 Å². The van der Waals surface area contributed by atoms with Crippen LogP contribution < -0.4 is 10.5 Å². The van der Waals surface area contributed by atoms with Crippen LogP contribution in [0.5, 0.6) is 0 Å². The molecule has 0 bridgehead atoms. The van der Waals surface area contributed by atoms with Gasteiger partial charge in [0, 0.05) is 12.2 Å². The molecule has 6 nitrogen and oxygen atoms in total. The van der Waals surface area contributed by atoms with E-state index in [-0.39, 0.29) is 17.5 Å². The summed E-state index contributed by atoms with van der Waals surface area (Å²) in [5, 5.41) is 0. The molecule has 1 heterocycles. The summed E-state index contributed by atoms with van der Waals surface area (Å²) in [6, 6.07) is 4.79. The number of anilines is 1. The molecule has 1 atom stereocenters. The quantitative estimate of drug-likeness (QED) is 0.774. The van der Waals surface area contributed by atoms with Crippen molar-refractivity contribution < 1.29 is 17.9 Å². The highest BCUT2D eigenvalue weighted by Gasteiger charge is 2.20. The van der Waals surface area contributed by atoms with Crippen molar-refractivity contribution >= 4 is 15.7 Å². The molecule has 0 amide bonds. The molecular formula is C13H20N2O4S. The standard InChI is InChI=1S/C13H20N2O4S/c1-2-10-3-4-12(7-13(10)14)20(16,17)15-8-11-9-18-5-6-19-11/h3-4,7,11,15H,2,5-6,8-9,14H2,1H3. The molecule has 20 heavy (non-hydrogen) atoms. The van der Waals surface area contributed by atoms with Gasteiger partial charge in [-0.15, -0.1) is 0 Å². The van der Waals surface area contributed by atoms with Crippen LogP contribution in [0.2, 0.25) is 0 Å². The number of nitrogens with two attached hydrogens (primary N) is 1. The first kappa shape index (κ1) is 15.2. The van der Waals surface area contributed by atoms with Crippen molar-refractivity contribution in [2.45, 2.75) is 24.3 Å². The third-order valence-electron chi connectivity index (χ3n) is 3.19. The number of benzene rings is 1. The summed E-state index contributed by atoms with van der Waals surface area (Å²) in [4.78, 5) is 0.170. The normalized spacial score (nSPS) is 19.9. The van der Waals surface area contributed by atoms with E-state index in [1.807, 2.05) is 6.92 Å². The molecule has 0 saturated carbocycles. The molecule has 1 saturated heterocycles. The van der Waals surface area contributed by atoms with E-state index < -0.39 is 10.0 Å². The maximum absolute atomic E-state index is 12.2. The van der Waals surface area contributed by atoms with E-state index in [0.29, 0.717) is 25.5 Å². The monoisotopic (exact) mass is 300 g/mol. The lowest BCUT2D eigenvalue weighted by molar-refractivity contribution is -0.0846. The third-order valence-corrected chi connectivity index (χ3v) is 4.62. The van der Waals surface area contributed by atoms with Gasteiger partial charge in [0.2, 0.25) is 10.0 Å². The first-order valence-electron chi connectivity index (χ1n) is 6.60. The van der Waals surface area contributed by atoms with Gasteiger partial charge in [-0.1, -0.05) is 13.0 Å². The Bertz CT molecular complexity index is 553. The zero-order chi connectivity index (χ0) is 14.6. The van der Waals surface area contributed by atoms with E-state index >= 15 is 0 Å². The van der Waals surface area contributed by atoms with Gasteiger partial charge in [0.05, 0.1) is 30.8 Å². The van der Waals surface area contributed by atoms with Crippen LogP contribution in [0.1, 0.15) is 12.5 Å². The summed E-state index contributed by atoms with van der Waals surface area (Å²) in [7, 11) is -3.57. The van der Waals surface area contributed by atoms with Crippen LogP contribution in [-0.2, 0) is 25.9 Å².